The van der Waals surface area contributed by atoms with Crippen molar-refractivity contribution >= 4 is 5.91 Å². The number of nitrogens with zero attached hydrogens (tertiary/aromatic N) is 1. The molecule has 1 aromatic rings. The van der Waals surface area contributed by atoms with E-state index in [0.29, 0.717) is 32.0 Å². The Labute approximate surface area is 143 Å². The average molecular weight is 334 g/mol. The molecule has 2 saturated heterocycles. The Morgan fingerprint density at radius 3 is 2.38 bits per heavy atom. The van der Waals surface area contributed by atoms with Crippen LogP contribution in [-0.2, 0) is 14.9 Å². The molecule has 2 aliphatic heterocycles. The van der Waals surface area contributed by atoms with E-state index in [0.717, 1.165) is 31.5 Å². The van der Waals surface area contributed by atoms with Gasteiger partial charge >= 0.3 is 0 Å². The van der Waals surface area contributed by atoms with Crippen LogP contribution in [0.5, 0.6) is 0 Å². The lowest BCUT2D eigenvalue weighted by Crippen LogP contribution is -2.52. The molecule has 1 unspecified atom stereocenters. The molecule has 132 valence electrons. The van der Waals surface area contributed by atoms with Gasteiger partial charge in [0.25, 0.3) is 0 Å². The van der Waals surface area contributed by atoms with Crippen LogP contribution in [0.4, 0.5) is 4.39 Å². The molecule has 1 aromatic carbocycles. The molecular formula is C19H27FN2O2. The molecule has 0 saturated carbocycles. The maximum atomic E-state index is 13.4. The van der Waals surface area contributed by atoms with Gasteiger partial charge in [-0.15, -0.1) is 0 Å². The lowest BCUT2D eigenvalue weighted by atomic mass is 9.72. The second kappa shape index (κ2) is 7.19. The molecule has 24 heavy (non-hydrogen) atoms. The van der Waals surface area contributed by atoms with Gasteiger partial charge in [0.05, 0.1) is 5.41 Å². The third kappa shape index (κ3) is 3.33. The molecule has 0 aromatic heterocycles. The largest absolute Gasteiger partial charge is 0.381 e. The van der Waals surface area contributed by atoms with Crippen molar-refractivity contribution in [2.75, 3.05) is 26.3 Å². The number of hydrogen-bond acceptors (Lipinski definition) is 3. The SMILES string of the molecule is CC(N)C1CCN(C(=O)C2(c3ccc(F)cc3)CCOCC2)CC1. The molecule has 5 heteroatoms. The van der Waals surface area contributed by atoms with Gasteiger partial charge < -0.3 is 15.4 Å². The Bertz CT molecular complexity index is 559. The monoisotopic (exact) mass is 334 g/mol. The highest BCUT2D eigenvalue weighted by Crippen LogP contribution is 2.38. The first kappa shape index (κ1) is 17.4. The van der Waals surface area contributed by atoms with Gasteiger partial charge in [0.1, 0.15) is 5.82 Å². The highest BCUT2D eigenvalue weighted by molar-refractivity contribution is 5.88. The Balaban J connectivity index is 1.81. The first-order valence-corrected chi connectivity index (χ1v) is 8.92. The van der Waals surface area contributed by atoms with Crippen LogP contribution in [0.25, 0.3) is 0 Å². The molecule has 1 amide bonds. The zero-order valence-corrected chi connectivity index (χ0v) is 14.3. The number of likely N-dealkylation sites (tertiary alicyclic amines) is 1. The quantitative estimate of drug-likeness (QED) is 0.924. The number of carbonyl (C=O) groups excluding carboxylic acids is 1. The van der Waals surface area contributed by atoms with Crippen LogP contribution in [0.3, 0.4) is 0 Å². The summed E-state index contributed by atoms with van der Waals surface area (Å²) in [5.74, 6) is 0.386. The summed E-state index contributed by atoms with van der Waals surface area (Å²) in [6.45, 7) is 4.70. The third-order valence-corrected chi connectivity index (χ3v) is 5.72. The second-order valence-electron chi connectivity index (χ2n) is 7.19. The Hall–Kier alpha value is -1.46. The lowest BCUT2D eigenvalue weighted by molar-refractivity contribution is -0.143. The number of rotatable bonds is 3. The van der Waals surface area contributed by atoms with Crippen molar-refractivity contribution in [1.29, 1.82) is 0 Å². The summed E-state index contributed by atoms with van der Waals surface area (Å²) in [5, 5.41) is 0. The van der Waals surface area contributed by atoms with Crippen molar-refractivity contribution in [3.05, 3.63) is 35.6 Å². The normalized spacial score (nSPS) is 23.0. The fourth-order valence-corrected chi connectivity index (χ4v) is 4.05. The molecule has 0 aliphatic carbocycles. The Morgan fingerprint density at radius 2 is 1.83 bits per heavy atom. The molecule has 1 atom stereocenters. The summed E-state index contributed by atoms with van der Waals surface area (Å²) in [6.07, 6.45) is 3.23. The molecule has 0 radical (unpaired) electrons. The van der Waals surface area contributed by atoms with E-state index in [2.05, 4.69) is 0 Å². The van der Waals surface area contributed by atoms with Crippen LogP contribution in [0.15, 0.2) is 24.3 Å². The molecule has 3 rings (SSSR count). The Kier molecular flexibility index (Phi) is 5.21. The lowest BCUT2D eigenvalue weighted by Gasteiger charge is -2.43. The number of piperidine rings is 1. The van der Waals surface area contributed by atoms with Crippen molar-refractivity contribution in [3.63, 3.8) is 0 Å². The van der Waals surface area contributed by atoms with E-state index in [1.54, 1.807) is 12.1 Å². The zero-order valence-electron chi connectivity index (χ0n) is 14.3. The number of carbonyl (C=O) groups is 1. The minimum absolute atomic E-state index is 0.167. The first-order chi connectivity index (χ1) is 11.5. The average Bonchev–Trinajstić information content (AvgIpc) is 2.62. The van der Waals surface area contributed by atoms with Crippen LogP contribution < -0.4 is 5.73 Å². The van der Waals surface area contributed by atoms with Gasteiger partial charge in [-0.2, -0.15) is 0 Å². The summed E-state index contributed by atoms with van der Waals surface area (Å²) in [6, 6.07) is 6.58. The van der Waals surface area contributed by atoms with Crippen LogP contribution in [0.1, 0.15) is 38.2 Å². The van der Waals surface area contributed by atoms with E-state index in [4.69, 9.17) is 10.5 Å². The number of amides is 1. The fourth-order valence-electron chi connectivity index (χ4n) is 4.05. The minimum Gasteiger partial charge on any atom is -0.381 e. The van der Waals surface area contributed by atoms with Gasteiger partial charge in [-0.05, 0) is 56.2 Å². The van der Waals surface area contributed by atoms with Crippen LogP contribution in [-0.4, -0.2) is 43.2 Å². The number of nitrogens with two attached hydrogens (primary N) is 1. The van der Waals surface area contributed by atoms with Gasteiger partial charge in [-0.3, -0.25) is 4.79 Å². The molecule has 2 heterocycles. The number of ether oxygens (including phenoxy) is 1. The summed E-state index contributed by atoms with van der Waals surface area (Å²) in [7, 11) is 0. The van der Waals surface area contributed by atoms with E-state index in [1.807, 2.05) is 11.8 Å². The van der Waals surface area contributed by atoms with Gasteiger partial charge in [-0.1, -0.05) is 12.1 Å². The first-order valence-electron chi connectivity index (χ1n) is 8.92. The molecule has 2 fully saturated rings. The maximum absolute atomic E-state index is 13.4. The summed E-state index contributed by atoms with van der Waals surface area (Å²) < 4.78 is 18.8. The van der Waals surface area contributed by atoms with Crippen molar-refractivity contribution in [1.82, 2.24) is 4.90 Å². The van der Waals surface area contributed by atoms with E-state index in [1.165, 1.54) is 12.1 Å². The van der Waals surface area contributed by atoms with Gasteiger partial charge in [-0.25, -0.2) is 4.39 Å². The van der Waals surface area contributed by atoms with Crippen LogP contribution >= 0.6 is 0 Å². The topological polar surface area (TPSA) is 55.6 Å². The van der Waals surface area contributed by atoms with Crippen LogP contribution in [0, 0.1) is 11.7 Å². The molecule has 2 aliphatic rings. The summed E-state index contributed by atoms with van der Waals surface area (Å²) in [5.41, 5.74) is 6.34. The van der Waals surface area contributed by atoms with Gasteiger partial charge in [0, 0.05) is 32.3 Å². The molecular weight excluding hydrogens is 307 g/mol. The zero-order chi connectivity index (χ0) is 17.2. The van der Waals surface area contributed by atoms with Crippen molar-refractivity contribution < 1.29 is 13.9 Å². The standard InChI is InChI=1S/C19H27FN2O2/c1-14(21)15-6-10-22(11-7-15)18(23)19(8-12-24-13-9-19)16-2-4-17(20)5-3-16/h2-5,14-15H,6-13,21H2,1H3. The third-order valence-electron chi connectivity index (χ3n) is 5.72. The van der Waals surface area contributed by atoms with Gasteiger partial charge in [0.2, 0.25) is 5.91 Å². The van der Waals surface area contributed by atoms with Crippen molar-refractivity contribution in [2.24, 2.45) is 11.7 Å². The van der Waals surface area contributed by atoms with E-state index in [-0.39, 0.29) is 17.8 Å². The number of halogens is 1. The predicted octanol–water partition coefficient (Wildman–Crippen LogP) is 2.46. The van der Waals surface area contributed by atoms with E-state index in [9.17, 15) is 9.18 Å². The molecule has 2 N–H and O–H groups in total. The minimum atomic E-state index is -0.576. The van der Waals surface area contributed by atoms with Crippen molar-refractivity contribution in [3.8, 4) is 0 Å². The number of benzene rings is 1. The molecule has 0 bridgehead atoms. The molecule has 0 spiro atoms. The maximum Gasteiger partial charge on any atom is 0.233 e. The van der Waals surface area contributed by atoms with Crippen molar-refractivity contribution in [2.45, 2.75) is 44.1 Å². The second-order valence-corrected chi connectivity index (χ2v) is 7.19. The van der Waals surface area contributed by atoms with E-state index < -0.39 is 5.41 Å². The van der Waals surface area contributed by atoms with Gasteiger partial charge in [0.15, 0.2) is 0 Å². The highest BCUT2D eigenvalue weighted by atomic mass is 19.1. The Morgan fingerprint density at radius 1 is 1.25 bits per heavy atom. The van der Waals surface area contributed by atoms with Crippen LogP contribution in [0.2, 0.25) is 0 Å². The smallest absolute Gasteiger partial charge is 0.233 e. The van der Waals surface area contributed by atoms with E-state index >= 15 is 0 Å². The number of hydrogen-bond donors (Lipinski definition) is 1. The fraction of sp³-hybridized carbons (Fsp3) is 0.632. The summed E-state index contributed by atoms with van der Waals surface area (Å²) >= 11 is 0. The highest BCUT2D eigenvalue weighted by Gasteiger charge is 2.44. The predicted molar refractivity (Wildman–Crippen MR) is 91.1 cm³/mol. The summed E-state index contributed by atoms with van der Waals surface area (Å²) in [4.78, 5) is 15.4. The molecule has 4 nitrogen and oxygen atoms in total.